The molecule has 24 heavy (non-hydrogen) atoms. The van der Waals surface area contributed by atoms with Gasteiger partial charge in [-0.15, -0.1) is 24.8 Å². The third kappa shape index (κ3) is 4.94. The molecular weight excluding hydrogens is 349 g/mol. The third-order valence-corrected chi connectivity index (χ3v) is 4.79. The van der Waals surface area contributed by atoms with Crippen molar-refractivity contribution in [2.24, 2.45) is 5.73 Å². The molecule has 1 saturated carbocycles. The molecule has 1 saturated heterocycles. The van der Waals surface area contributed by atoms with Gasteiger partial charge in [-0.1, -0.05) is 19.3 Å². The zero-order chi connectivity index (χ0) is 15.4. The van der Waals surface area contributed by atoms with E-state index in [0.29, 0.717) is 0 Å². The van der Waals surface area contributed by atoms with Crippen molar-refractivity contribution in [1.82, 2.24) is 15.3 Å². The van der Waals surface area contributed by atoms with Crippen molar-refractivity contribution in [1.29, 1.82) is 0 Å². The fourth-order valence-corrected chi connectivity index (χ4v) is 3.47. The Morgan fingerprint density at radius 2 is 1.83 bits per heavy atom. The van der Waals surface area contributed by atoms with E-state index in [1.165, 1.54) is 6.42 Å². The number of hydrogen-bond acceptors (Lipinski definition) is 5. The van der Waals surface area contributed by atoms with Gasteiger partial charge in [0.15, 0.2) is 0 Å². The number of nitrogens with one attached hydrogen (secondary N) is 1. The van der Waals surface area contributed by atoms with E-state index >= 15 is 0 Å². The van der Waals surface area contributed by atoms with Crippen molar-refractivity contribution in [2.45, 2.75) is 56.5 Å². The second-order valence-corrected chi connectivity index (χ2v) is 6.52. The first-order chi connectivity index (χ1) is 10.7. The molecule has 2 heterocycles. The third-order valence-electron chi connectivity index (χ3n) is 4.79. The van der Waals surface area contributed by atoms with E-state index in [9.17, 15) is 4.79 Å². The Balaban J connectivity index is 0.00000144. The predicted molar refractivity (Wildman–Crippen MR) is 99.9 cm³/mol. The maximum atomic E-state index is 12.5. The van der Waals surface area contributed by atoms with E-state index in [2.05, 4.69) is 20.2 Å². The lowest BCUT2D eigenvalue weighted by Crippen LogP contribution is -2.59. The lowest BCUT2D eigenvalue weighted by Gasteiger charge is -2.37. The fraction of sp³-hybridized carbons (Fsp3) is 0.688. The van der Waals surface area contributed by atoms with Gasteiger partial charge in [0.25, 0.3) is 0 Å². The van der Waals surface area contributed by atoms with Gasteiger partial charge in [-0.2, -0.15) is 0 Å². The van der Waals surface area contributed by atoms with E-state index in [-0.39, 0.29) is 36.8 Å². The van der Waals surface area contributed by atoms with Crippen molar-refractivity contribution >= 4 is 36.7 Å². The number of nitrogens with zero attached hydrogens (tertiary/aromatic N) is 3. The smallest absolute Gasteiger partial charge is 0.240 e. The van der Waals surface area contributed by atoms with E-state index in [1.54, 1.807) is 12.4 Å². The summed E-state index contributed by atoms with van der Waals surface area (Å²) in [6.07, 6.45) is 10.4. The molecule has 1 aliphatic carbocycles. The van der Waals surface area contributed by atoms with Gasteiger partial charge < -0.3 is 16.0 Å². The van der Waals surface area contributed by atoms with Gasteiger partial charge in [-0.05, 0) is 31.7 Å². The van der Waals surface area contributed by atoms with Crippen molar-refractivity contribution in [2.75, 3.05) is 18.0 Å². The average molecular weight is 376 g/mol. The molecule has 1 atom stereocenters. The summed E-state index contributed by atoms with van der Waals surface area (Å²) in [5.41, 5.74) is 5.65. The molecule has 6 nitrogen and oxygen atoms in total. The Labute approximate surface area is 155 Å². The van der Waals surface area contributed by atoms with Crippen LogP contribution in [0.25, 0.3) is 0 Å². The first kappa shape index (κ1) is 20.9. The Kier molecular flexibility index (Phi) is 8.19. The van der Waals surface area contributed by atoms with Crippen molar-refractivity contribution in [3.63, 3.8) is 0 Å². The van der Waals surface area contributed by atoms with Crippen LogP contribution >= 0.6 is 24.8 Å². The van der Waals surface area contributed by atoms with Crippen LogP contribution in [0.2, 0.25) is 0 Å². The van der Waals surface area contributed by atoms with Crippen LogP contribution in [0.3, 0.4) is 0 Å². The van der Waals surface area contributed by atoms with Crippen LogP contribution in [0.5, 0.6) is 0 Å². The standard InChI is InChI=1S/C16H25N5O.2ClH/c17-16(7-2-1-3-8-16)14(22)20-13-6-4-11-21(12-13)15-18-9-5-10-19-15;;/h5,9-10,13H,1-4,6-8,11-12,17H2,(H,20,22);2*1H. The lowest BCUT2D eigenvalue weighted by atomic mass is 9.81. The van der Waals surface area contributed by atoms with Gasteiger partial charge in [0.05, 0.1) is 5.54 Å². The molecule has 8 heteroatoms. The number of hydrogen-bond donors (Lipinski definition) is 2. The van der Waals surface area contributed by atoms with E-state index < -0.39 is 5.54 Å². The van der Waals surface area contributed by atoms with Crippen molar-refractivity contribution in [3.8, 4) is 0 Å². The van der Waals surface area contributed by atoms with Gasteiger partial charge in [0.2, 0.25) is 11.9 Å². The Hall–Kier alpha value is -1.11. The van der Waals surface area contributed by atoms with Crippen LogP contribution in [-0.4, -0.2) is 40.5 Å². The average Bonchev–Trinajstić information content (AvgIpc) is 2.56. The fourth-order valence-electron chi connectivity index (χ4n) is 3.47. The second-order valence-electron chi connectivity index (χ2n) is 6.52. The molecule has 2 fully saturated rings. The molecule has 1 aliphatic heterocycles. The molecule has 1 aromatic rings. The number of aromatic nitrogens is 2. The number of carbonyl (C=O) groups excluding carboxylic acids is 1. The van der Waals surface area contributed by atoms with Crippen LogP contribution in [0, 0.1) is 0 Å². The second kappa shape index (κ2) is 9.39. The number of anilines is 1. The summed E-state index contributed by atoms with van der Waals surface area (Å²) < 4.78 is 0. The number of rotatable bonds is 3. The summed E-state index contributed by atoms with van der Waals surface area (Å²) in [4.78, 5) is 23.3. The van der Waals surface area contributed by atoms with Gasteiger partial charge in [0.1, 0.15) is 0 Å². The molecule has 1 aromatic heterocycles. The summed E-state index contributed by atoms with van der Waals surface area (Å²) >= 11 is 0. The molecule has 0 spiro atoms. The van der Waals surface area contributed by atoms with E-state index in [4.69, 9.17) is 5.73 Å². The van der Waals surface area contributed by atoms with Gasteiger partial charge in [0, 0.05) is 31.5 Å². The first-order valence-corrected chi connectivity index (χ1v) is 8.29. The zero-order valence-electron chi connectivity index (χ0n) is 13.8. The minimum absolute atomic E-state index is 0. The quantitative estimate of drug-likeness (QED) is 0.844. The summed E-state index contributed by atoms with van der Waals surface area (Å²) in [5.74, 6) is 0.759. The summed E-state index contributed by atoms with van der Waals surface area (Å²) in [5, 5.41) is 3.17. The van der Waals surface area contributed by atoms with Crippen molar-refractivity contribution in [3.05, 3.63) is 18.5 Å². The highest BCUT2D eigenvalue weighted by atomic mass is 35.5. The Bertz CT molecular complexity index is 510. The highest BCUT2D eigenvalue weighted by Crippen LogP contribution is 2.26. The summed E-state index contributed by atoms with van der Waals surface area (Å²) in [6.45, 7) is 1.69. The molecule has 3 N–H and O–H groups in total. The number of halogens is 2. The highest BCUT2D eigenvalue weighted by molar-refractivity contribution is 5.86. The number of nitrogens with two attached hydrogens (primary N) is 1. The lowest BCUT2D eigenvalue weighted by molar-refractivity contribution is -0.128. The van der Waals surface area contributed by atoms with Gasteiger partial charge >= 0.3 is 0 Å². The van der Waals surface area contributed by atoms with Gasteiger partial charge in [-0.25, -0.2) is 9.97 Å². The maximum absolute atomic E-state index is 12.5. The minimum atomic E-state index is -0.663. The molecule has 0 radical (unpaired) electrons. The molecule has 2 aliphatic rings. The van der Waals surface area contributed by atoms with E-state index in [1.807, 2.05) is 6.07 Å². The van der Waals surface area contributed by atoms with Crippen LogP contribution in [0.4, 0.5) is 5.95 Å². The Morgan fingerprint density at radius 1 is 1.17 bits per heavy atom. The van der Waals surface area contributed by atoms with Crippen LogP contribution in [-0.2, 0) is 4.79 Å². The molecule has 136 valence electrons. The number of carbonyl (C=O) groups is 1. The van der Waals surface area contributed by atoms with E-state index in [0.717, 1.165) is 57.6 Å². The monoisotopic (exact) mass is 375 g/mol. The summed E-state index contributed by atoms with van der Waals surface area (Å²) in [7, 11) is 0. The predicted octanol–water partition coefficient (Wildman–Crippen LogP) is 2.07. The number of amides is 1. The summed E-state index contributed by atoms with van der Waals surface area (Å²) in [6, 6.07) is 1.95. The molecule has 0 aromatic carbocycles. The molecule has 1 unspecified atom stereocenters. The molecular formula is C16H27Cl2N5O. The van der Waals surface area contributed by atoms with Gasteiger partial charge in [-0.3, -0.25) is 4.79 Å². The topological polar surface area (TPSA) is 84.1 Å². The largest absolute Gasteiger partial charge is 0.350 e. The highest BCUT2D eigenvalue weighted by Gasteiger charge is 2.36. The number of piperidine rings is 1. The molecule has 3 rings (SSSR count). The SMILES string of the molecule is Cl.Cl.NC1(C(=O)NC2CCCN(c3ncccn3)C2)CCCCC1. The van der Waals surface area contributed by atoms with Crippen LogP contribution in [0.1, 0.15) is 44.9 Å². The maximum Gasteiger partial charge on any atom is 0.240 e. The normalized spacial score (nSPS) is 22.7. The minimum Gasteiger partial charge on any atom is -0.350 e. The van der Waals surface area contributed by atoms with Crippen LogP contribution in [0.15, 0.2) is 18.5 Å². The first-order valence-electron chi connectivity index (χ1n) is 8.29. The molecule has 1 amide bonds. The van der Waals surface area contributed by atoms with Crippen LogP contribution < -0.4 is 16.0 Å². The molecule has 0 bridgehead atoms. The van der Waals surface area contributed by atoms with Crippen molar-refractivity contribution < 1.29 is 4.79 Å². The Morgan fingerprint density at radius 3 is 2.50 bits per heavy atom. The zero-order valence-corrected chi connectivity index (χ0v) is 15.5.